The van der Waals surface area contributed by atoms with Crippen LogP contribution in [0.2, 0.25) is 0 Å². The van der Waals surface area contributed by atoms with Gasteiger partial charge in [-0.2, -0.15) is 9.97 Å². The van der Waals surface area contributed by atoms with Gasteiger partial charge in [-0.15, -0.1) is 0 Å². The van der Waals surface area contributed by atoms with Crippen molar-refractivity contribution in [3.8, 4) is 11.8 Å². The number of carbonyl (C=O) groups is 1. The highest BCUT2D eigenvalue weighted by molar-refractivity contribution is 5.95. The first-order chi connectivity index (χ1) is 19.3. The molecule has 1 unspecified atom stereocenters. The van der Waals surface area contributed by atoms with Crippen LogP contribution in [-0.2, 0) is 17.8 Å². The molecule has 2 aromatic carbocycles. The quantitative estimate of drug-likeness (QED) is 0.406. The molecule has 3 N–H and O–H groups in total. The van der Waals surface area contributed by atoms with Gasteiger partial charge in [-0.1, -0.05) is 30.8 Å². The average molecular weight is 551 g/mol. The van der Waals surface area contributed by atoms with Gasteiger partial charge in [0.1, 0.15) is 24.3 Å². The van der Waals surface area contributed by atoms with Gasteiger partial charge in [-0.3, -0.25) is 9.69 Å². The van der Waals surface area contributed by atoms with Crippen molar-refractivity contribution in [1.29, 1.82) is 0 Å². The fourth-order valence-electron chi connectivity index (χ4n) is 5.16. The number of likely N-dealkylation sites (N-methyl/N-ethyl adjacent to an activating group) is 1. The second-order valence-electron chi connectivity index (χ2n) is 9.92. The molecule has 1 saturated heterocycles. The number of hydrogen-bond donors (Lipinski definition) is 2. The number of carbonyl (C=O) groups excluding carboxylic acids is 1. The summed E-state index contributed by atoms with van der Waals surface area (Å²) in [7, 11) is 0. The van der Waals surface area contributed by atoms with E-state index in [2.05, 4.69) is 27.5 Å². The van der Waals surface area contributed by atoms with Gasteiger partial charge in [0.15, 0.2) is 0 Å². The average Bonchev–Trinajstić information content (AvgIpc) is 3.37. The number of aromatic nitrogens is 2. The zero-order chi connectivity index (χ0) is 28.6. The van der Waals surface area contributed by atoms with Crippen LogP contribution in [0.3, 0.4) is 0 Å². The van der Waals surface area contributed by atoms with Gasteiger partial charge in [-0.25, -0.2) is 4.39 Å². The van der Waals surface area contributed by atoms with E-state index in [4.69, 9.17) is 10.5 Å². The molecule has 0 saturated carbocycles. The number of halogens is 1. The van der Waals surface area contributed by atoms with Crippen LogP contribution < -0.4 is 15.4 Å². The SMILES string of the molecule is C=CC(=O)N(CC)CC.Nc1nc(OCCN2CCC(F)C2)nc2c1CCN(c1cc(O)cc3ccccc13)C2. The largest absolute Gasteiger partial charge is 0.508 e. The van der Waals surface area contributed by atoms with Crippen molar-refractivity contribution in [3.05, 3.63) is 60.3 Å². The monoisotopic (exact) mass is 550 g/mol. The molecule has 214 valence electrons. The number of nitrogens with zero attached hydrogens (tertiary/aromatic N) is 5. The Morgan fingerprint density at radius 1 is 1.25 bits per heavy atom. The summed E-state index contributed by atoms with van der Waals surface area (Å²) in [4.78, 5) is 25.7. The number of nitrogens with two attached hydrogens (primary N) is 1. The number of amides is 1. The lowest BCUT2D eigenvalue weighted by Crippen LogP contribution is -2.32. The van der Waals surface area contributed by atoms with Crippen LogP contribution in [0.25, 0.3) is 10.8 Å². The fourth-order valence-corrected chi connectivity index (χ4v) is 5.16. The number of ether oxygens (including phenoxy) is 1. The van der Waals surface area contributed by atoms with Crippen LogP contribution in [-0.4, -0.2) is 82.8 Å². The molecule has 3 aromatic rings. The Balaban J connectivity index is 0.000000357. The van der Waals surface area contributed by atoms with Crippen LogP contribution >= 0.6 is 0 Å². The standard InChI is InChI=1S/C23H26FN5O2.C7H13NO/c24-16-5-7-28(13-16)9-10-31-23-26-20-14-29(8-6-19(20)22(25)27-23)21-12-17(30)11-15-3-1-2-4-18(15)21;1-4-7(9)8(5-2)6-3/h1-4,11-12,16,30H,5-10,13-14H2,(H2,25,26,27);4H,1,5-6H2,2-3H3. The molecule has 0 radical (unpaired) electrons. The number of alkyl halides is 1. The molecule has 0 spiro atoms. The maximum atomic E-state index is 13.3. The predicted molar refractivity (Wildman–Crippen MR) is 156 cm³/mol. The maximum absolute atomic E-state index is 13.3. The van der Waals surface area contributed by atoms with Crippen molar-refractivity contribution in [2.45, 2.75) is 39.4 Å². The van der Waals surface area contributed by atoms with Crippen LogP contribution in [0.15, 0.2) is 49.1 Å². The fraction of sp³-hybridized carbons (Fsp3) is 0.433. The number of phenolic OH excluding ortho intramolecular Hbond substituents is 1. The molecule has 1 atom stereocenters. The highest BCUT2D eigenvalue weighted by Gasteiger charge is 2.24. The summed E-state index contributed by atoms with van der Waals surface area (Å²) >= 11 is 0. The van der Waals surface area contributed by atoms with Crippen molar-refractivity contribution in [2.75, 3.05) is 56.5 Å². The smallest absolute Gasteiger partial charge is 0.318 e. The van der Waals surface area contributed by atoms with E-state index in [0.717, 1.165) is 60.3 Å². The number of fused-ring (bicyclic) bond motifs is 2. The summed E-state index contributed by atoms with van der Waals surface area (Å²) < 4.78 is 19.1. The van der Waals surface area contributed by atoms with E-state index in [1.165, 1.54) is 6.08 Å². The van der Waals surface area contributed by atoms with Gasteiger partial charge in [0.25, 0.3) is 0 Å². The molecular weight excluding hydrogens is 511 g/mol. The number of rotatable bonds is 8. The van der Waals surface area contributed by atoms with Crippen LogP contribution in [0.4, 0.5) is 15.9 Å². The molecule has 10 heteroatoms. The highest BCUT2D eigenvalue weighted by Crippen LogP contribution is 2.35. The summed E-state index contributed by atoms with van der Waals surface area (Å²) in [6.45, 7) is 12.4. The summed E-state index contributed by atoms with van der Waals surface area (Å²) in [6.07, 6.45) is 1.90. The molecule has 1 amide bonds. The predicted octanol–water partition coefficient (Wildman–Crippen LogP) is 3.94. The zero-order valence-electron chi connectivity index (χ0n) is 23.4. The van der Waals surface area contributed by atoms with E-state index in [9.17, 15) is 14.3 Å². The summed E-state index contributed by atoms with van der Waals surface area (Å²) in [5, 5.41) is 12.3. The number of nitrogen functional groups attached to an aromatic ring is 1. The molecule has 40 heavy (non-hydrogen) atoms. The normalized spacial score (nSPS) is 16.7. The Morgan fingerprint density at radius 3 is 2.70 bits per heavy atom. The first-order valence-electron chi connectivity index (χ1n) is 13.8. The van der Waals surface area contributed by atoms with Crippen molar-refractivity contribution in [3.63, 3.8) is 0 Å². The van der Waals surface area contributed by atoms with Gasteiger partial charge in [0.2, 0.25) is 5.91 Å². The minimum atomic E-state index is -0.741. The summed E-state index contributed by atoms with van der Waals surface area (Å²) in [6, 6.07) is 11.8. The second-order valence-corrected chi connectivity index (χ2v) is 9.92. The first kappa shape index (κ1) is 29.1. The Morgan fingerprint density at radius 2 is 2.02 bits per heavy atom. The Labute approximate surface area is 235 Å². The van der Waals surface area contributed by atoms with Gasteiger partial charge >= 0.3 is 6.01 Å². The molecule has 2 aliphatic rings. The molecule has 2 aliphatic heterocycles. The molecule has 1 aromatic heterocycles. The lowest BCUT2D eigenvalue weighted by molar-refractivity contribution is -0.125. The molecular formula is C30H39FN6O3. The maximum Gasteiger partial charge on any atom is 0.318 e. The number of aromatic hydroxyl groups is 1. The van der Waals surface area contributed by atoms with Crippen LogP contribution in [0.5, 0.6) is 11.8 Å². The van der Waals surface area contributed by atoms with E-state index in [1.807, 2.05) is 36.9 Å². The van der Waals surface area contributed by atoms with E-state index >= 15 is 0 Å². The van der Waals surface area contributed by atoms with E-state index in [0.29, 0.717) is 38.5 Å². The molecule has 0 bridgehead atoms. The van der Waals surface area contributed by atoms with Gasteiger partial charge < -0.3 is 25.4 Å². The van der Waals surface area contributed by atoms with Crippen molar-refractivity contribution < 1.29 is 19.0 Å². The van der Waals surface area contributed by atoms with Gasteiger partial charge in [-0.05, 0) is 44.2 Å². The van der Waals surface area contributed by atoms with E-state index in [1.54, 1.807) is 17.0 Å². The Bertz CT molecular complexity index is 1330. The minimum absolute atomic E-state index is 0.0139. The molecule has 5 rings (SSSR count). The van der Waals surface area contributed by atoms with Crippen molar-refractivity contribution >= 4 is 28.2 Å². The van der Waals surface area contributed by atoms with Crippen molar-refractivity contribution in [1.82, 2.24) is 19.8 Å². The third-order valence-electron chi connectivity index (χ3n) is 7.35. The number of anilines is 2. The lowest BCUT2D eigenvalue weighted by atomic mass is 10.0. The molecule has 3 heterocycles. The second kappa shape index (κ2) is 13.4. The lowest BCUT2D eigenvalue weighted by Gasteiger charge is -2.31. The van der Waals surface area contributed by atoms with Gasteiger partial charge in [0, 0.05) is 62.0 Å². The Hall–Kier alpha value is -3.92. The van der Waals surface area contributed by atoms with Gasteiger partial charge in [0.05, 0.1) is 12.2 Å². The molecule has 1 fully saturated rings. The van der Waals surface area contributed by atoms with Crippen molar-refractivity contribution in [2.24, 2.45) is 0 Å². The molecule has 0 aliphatic carbocycles. The highest BCUT2D eigenvalue weighted by atomic mass is 19.1. The number of likely N-dealkylation sites (tertiary alicyclic amines) is 1. The van der Waals surface area contributed by atoms with Crippen LogP contribution in [0.1, 0.15) is 31.5 Å². The number of phenols is 1. The Kier molecular flexibility index (Phi) is 9.76. The topological polar surface area (TPSA) is 108 Å². The zero-order valence-corrected chi connectivity index (χ0v) is 23.4. The molecule has 9 nitrogen and oxygen atoms in total. The third kappa shape index (κ3) is 6.98. The van der Waals surface area contributed by atoms with Crippen LogP contribution in [0, 0.1) is 0 Å². The number of benzene rings is 2. The summed E-state index contributed by atoms with van der Waals surface area (Å²) in [5.41, 5.74) is 8.96. The third-order valence-corrected chi connectivity index (χ3v) is 7.35. The van der Waals surface area contributed by atoms with E-state index < -0.39 is 6.17 Å². The first-order valence-corrected chi connectivity index (χ1v) is 13.8. The summed E-state index contributed by atoms with van der Waals surface area (Å²) in [5.74, 6) is 0.702. The number of hydrogen-bond acceptors (Lipinski definition) is 8. The minimum Gasteiger partial charge on any atom is -0.508 e. The van der Waals surface area contributed by atoms with E-state index in [-0.39, 0.29) is 17.7 Å².